The zero-order valence-electron chi connectivity index (χ0n) is 14.6. The van der Waals surface area contributed by atoms with Gasteiger partial charge in [-0.3, -0.25) is 0 Å². The quantitative estimate of drug-likeness (QED) is 0.580. The Morgan fingerprint density at radius 2 is 2.13 bits per heavy atom. The van der Waals surface area contributed by atoms with Crippen molar-refractivity contribution in [3.63, 3.8) is 0 Å². The molecule has 0 aromatic heterocycles. The molecule has 0 saturated heterocycles. The Kier molecular flexibility index (Phi) is 5.06. The van der Waals surface area contributed by atoms with Crippen LogP contribution in [0.4, 0.5) is 0 Å². The first kappa shape index (κ1) is 16.5. The molecule has 124 valence electrons. The number of hydrogen-bond acceptors (Lipinski definition) is 1. The number of unbranched alkanes of at least 4 members (excludes halogenated alkanes) is 1. The number of hydrogen-bond donors (Lipinski definition) is 1. The summed E-state index contributed by atoms with van der Waals surface area (Å²) in [6.45, 7) is 5.99. The molecule has 0 heterocycles. The van der Waals surface area contributed by atoms with Crippen LogP contribution < -0.4 is 5.73 Å². The van der Waals surface area contributed by atoms with Crippen molar-refractivity contribution in [2.24, 2.45) is 11.7 Å². The maximum Gasteiger partial charge on any atom is 0.0131 e. The summed E-state index contributed by atoms with van der Waals surface area (Å²) in [6, 6.07) is 7.24. The van der Waals surface area contributed by atoms with Gasteiger partial charge in [-0.05, 0) is 86.8 Å². The minimum atomic E-state index is 0.0435. The molecule has 1 heteroatoms. The van der Waals surface area contributed by atoms with E-state index in [2.05, 4.69) is 43.9 Å². The maximum atomic E-state index is 6.32. The number of rotatable bonds is 5. The Bertz CT molecular complexity index is 582. The van der Waals surface area contributed by atoms with Crippen molar-refractivity contribution in [3.05, 3.63) is 59.7 Å². The third kappa shape index (κ3) is 4.14. The van der Waals surface area contributed by atoms with E-state index in [1.165, 1.54) is 31.2 Å². The lowest BCUT2D eigenvalue weighted by Crippen LogP contribution is -2.32. The first-order valence-electron chi connectivity index (χ1n) is 9.25. The lowest BCUT2D eigenvalue weighted by molar-refractivity contribution is 0.479. The summed E-state index contributed by atoms with van der Waals surface area (Å²) in [7, 11) is 0. The van der Waals surface area contributed by atoms with Crippen molar-refractivity contribution in [1.29, 1.82) is 0 Å². The van der Waals surface area contributed by atoms with E-state index in [9.17, 15) is 0 Å². The molecule has 3 rings (SSSR count). The summed E-state index contributed by atoms with van der Waals surface area (Å²) in [5, 5.41) is 0. The minimum Gasteiger partial charge on any atom is -0.325 e. The van der Waals surface area contributed by atoms with E-state index in [1.54, 1.807) is 11.1 Å². The smallest absolute Gasteiger partial charge is 0.0131 e. The summed E-state index contributed by atoms with van der Waals surface area (Å²) >= 11 is 0. The molecule has 0 radical (unpaired) electrons. The second kappa shape index (κ2) is 7.05. The Labute approximate surface area is 141 Å². The van der Waals surface area contributed by atoms with Crippen LogP contribution >= 0.6 is 0 Å². The van der Waals surface area contributed by atoms with Gasteiger partial charge in [-0.2, -0.15) is 0 Å². The van der Waals surface area contributed by atoms with Crippen LogP contribution in [0.1, 0.15) is 68.1 Å². The second-order valence-corrected chi connectivity index (χ2v) is 7.92. The molecule has 0 amide bonds. The topological polar surface area (TPSA) is 26.0 Å². The van der Waals surface area contributed by atoms with Gasteiger partial charge in [0.25, 0.3) is 0 Å². The molecule has 0 spiro atoms. The molecule has 1 aromatic carbocycles. The molecule has 0 aliphatic heterocycles. The van der Waals surface area contributed by atoms with Gasteiger partial charge in [-0.1, -0.05) is 36.4 Å². The molecular weight excluding hydrogens is 278 g/mol. The van der Waals surface area contributed by atoms with E-state index >= 15 is 0 Å². The van der Waals surface area contributed by atoms with Crippen molar-refractivity contribution in [2.45, 2.75) is 69.7 Å². The molecule has 0 bridgehead atoms. The van der Waals surface area contributed by atoms with Crippen molar-refractivity contribution in [1.82, 2.24) is 0 Å². The van der Waals surface area contributed by atoms with Crippen molar-refractivity contribution < 1.29 is 0 Å². The minimum absolute atomic E-state index is 0.0435. The molecule has 1 aromatic rings. The Morgan fingerprint density at radius 1 is 1.26 bits per heavy atom. The Hall–Kier alpha value is -1.34. The normalized spacial score (nSPS) is 30.5. The molecule has 1 nitrogen and oxygen atoms in total. The zero-order chi connectivity index (χ0) is 16.3. The lowest BCUT2D eigenvalue weighted by Gasteiger charge is -2.24. The standard InChI is InChI=1S/C22H31N/c1-3-4-5-6-7-17-8-9-19-15-20(11-10-18(19)14-17)21-12-13-22(2,23)16-21/h3,6-7,10-11,15,17,21H,1,4-5,8-9,12-14,16,23H2,2H3/b7-6+/t17-,21+,22-/m1/s1. The lowest BCUT2D eigenvalue weighted by atomic mass is 9.81. The monoisotopic (exact) mass is 309 g/mol. The van der Waals surface area contributed by atoms with E-state index in [4.69, 9.17) is 5.73 Å². The van der Waals surface area contributed by atoms with E-state index < -0.39 is 0 Å². The Morgan fingerprint density at radius 3 is 2.87 bits per heavy atom. The van der Waals surface area contributed by atoms with Crippen LogP contribution in [0, 0.1) is 5.92 Å². The fourth-order valence-electron chi connectivity index (χ4n) is 4.28. The highest BCUT2D eigenvalue weighted by Crippen LogP contribution is 2.40. The Balaban J connectivity index is 1.64. The van der Waals surface area contributed by atoms with Crippen molar-refractivity contribution in [3.8, 4) is 0 Å². The molecule has 1 fully saturated rings. The van der Waals surface area contributed by atoms with Crippen LogP contribution in [0.25, 0.3) is 0 Å². The number of nitrogens with two attached hydrogens (primary N) is 1. The van der Waals surface area contributed by atoms with E-state index in [0.717, 1.165) is 31.6 Å². The van der Waals surface area contributed by atoms with Gasteiger partial charge in [0, 0.05) is 5.54 Å². The molecule has 2 aliphatic carbocycles. The highest BCUT2D eigenvalue weighted by atomic mass is 14.7. The maximum absolute atomic E-state index is 6.32. The van der Waals surface area contributed by atoms with Gasteiger partial charge in [0.05, 0.1) is 0 Å². The van der Waals surface area contributed by atoms with Crippen molar-refractivity contribution in [2.75, 3.05) is 0 Å². The predicted octanol–water partition coefficient (Wildman–Crippen LogP) is 5.30. The van der Waals surface area contributed by atoms with E-state index in [1.807, 2.05) is 6.08 Å². The van der Waals surface area contributed by atoms with Gasteiger partial charge in [0.15, 0.2) is 0 Å². The SMILES string of the molecule is C=CCC/C=C/[C@@H]1CCc2cc([C@H]3CC[C@@](C)(N)C3)ccc2C1. The highest BCUT2D eigenvalue weighted by Gasteiger charge is 2.32. The van der Waals surface area contributed by atoms with Gasteiger partial charge in [-0.15, -0.1) is 6.58 Å². The number of fused-ring (bicyclic) bond motifs is 1. The fraction of sp³-hybridized carbons (Fsp3) is 0.545. The van der Waals surface area contributed by atoms with Crippen LogP contribution in [-0.4, -0.2) is 5.54 Å². The molecule has 23 heavy (non-hydrogen) atoms. The zero-order valence-corrected chi connectivity index (χ0v) is 14.6. The van der Waals surface area contributed by atoms with E-state index in [-0.39, 0.29) is 5.54 Å². The van der Waals surface area contributed by atoms with Crippen molar-refractivity contribution >= 4 is 0 Å². The van der Waals surface area contributed by atoms with Gasteiger partial charge >= 0.3 is 0 Å². The number of benzene rings is 1. The van der Waals surface area contributed by atoms with E-state index in [0.29, 0.717) is 5.92 Å². The summed E-state index contributed by atoms with van der Waals surface area (Å²) in [4.78, 5) is 0. The molecule has 2 N–H and O–H groups in total. The van der Waals surface area contributed by atoms with Crippen LogP contribution in [0.3, 0.4) is 0 Å². The second-order valence-electron chi connectivity index (χ2n) is 7.92. The largest absolute Gasteiger partial charge is 0.325 e. The predicted molar refractivity (Wildman–Crippen MR) is 99.7 cm³/mol. The molecule has 0 unspecified atom stereocenters. The third-order valence-electron chi connectivity index (χ3n) is 5.69. The van der Waals surface area contributed by atoms with Crippen LogP contribution in [0.5, 0.6) is 0 Å². The van der Waals surface area contributed by atoms with Gasteiger partial charge < -0.3 is 5.73 Å². The summed E-state index contributed by atoms with van der Waals surface area (Å²) in [6.07, 6.45) is 16.3. The molecule has 2 aliphatic rings. The van der Waals surface area contributed by atoms with Gasteiger partial charge in [0.1, 0.15) is 0 Å². The van der Waals surface area contributed by atoms with Gasteiger partial charge in [0.2, 0.25) is 0 Å². The fourth-order valence-corrected chi connectivity index (χ4v) is 4.28. The molecule has 3 atom stereocenters. The number of aryl methyl sites for hydroxylation is 1. The van der Waals surface area contributed by atoms with Gasteiger partial charge in [-0.25, -0.2) is 0 Å². The molecular formula is C22H31N. The summed E-state index contributed by atoms with van der Waals surface area (Å²) < 4.78 is 0. The van der Waals surface area contributed by atoms with Crippen LogP contribution in [0.2, 0.25) is 0 Å². The third-order valence-corrected chi connectivity index (χ3v) is 5.69. The average Bonchev–Trinajstić information content (AvgIpc) is 2.91. The first-order chi connectivity index (χ1) is 11.1. The summed E-state index contributed by atoms with van der Waals surface area (Å²) in [5.74, 6) is 1.39. The van der Waals surface area contributed by atoms with Crippen LogP contribution in [0.15, 0.2) is 43.0 Å². The summed E-state index contributed by atoms with van der Waals surface area (Å²) in [5.41, 5.74) is 11.0. The highest BCUT2D eigenvalue weighted by molar-refractivity contribution is 5.37. The van der Waals surface area contributed by atoms with Crippen LogP contribution in [-0.2, 0) is 12.8 Å². The number of allylic oxidation sites excluding steroid dienone is 3. The molecule has 1 saturated carbocycles. The first-order valence-corrected chi connectivity index (χ1v) is 9.25. The average molecular weight is 309 g/mol.